The van der Waals surface area contributed by atoms with Gasteiger partial charge in [-0.2, -0.15) is 9.97 Å². The molecule has 2 saturated heterocycles. The van der Waals surface area contributed by atoms with Crippen molar-refractivity contribution in [3.05, 3.63) is 55.7 Å². The van der Waals surface area contributed by atoms with E-state index in [0.717, 1.165) is 65.9 Å². The number of hydrogen-bond donors (Lipinski definition) is 1. The van der Waals surface area contributed by atoms with Crippen LogP contribution < -0.4 is 15.4 Å². The first kappa shape index (κ1) is 31.1. The normalized spacial score (nSPS) is 28.8. The highest BCUT2D eigenvalue weighted by Crippen LogP contribution is 2.49. The molecule has 5 aliphatic rings. The second-order valence-corrected chi connectivity index (χ2v) is 15.7. The van der Waals surface area contributed by atoms with E-state index in [0.29, 0.717) is 57.0 Å². The van der Waals surface area contributed by atoms with Gasteiger partial charge in [0.05, 0.1) is 40.7 Å². The number of aliphatic imine (C=N–C) groups is 1. The molecule has 1 spiro atoms. The van der Waals surface area contributed by atoms with Crippen LogP contribution in [-0.4, -0.2) is 86.3 Å². The van der Waals surface area contributed by atoms with E-state index in [1.807, 2.05) is 17.0 Å². The first-order chi connectivity index (χ1) is 21.5. The van der Waals surface area contributed by atoms with Gasteiger partial charge in [0.2, 0.25) is 0 Å². The van der Waals surface area contributed by atoms with Crippen molar-refractivity contribution in [1.82, 2.24) is 14.9 Å². The Kier molecular flexibility index (Phi) is 8.04. The molecule has 1 aromatic heterocycles. The van der Waals surface area contributed by atoms with Gasteiger partial charge in [-0.1, -0.05) is 35.3 Å². The Bertz CT molecular complexity index is 1710. The number of hydrogen-bond acceptors (Lipinski definition) is 10. The van der Waals surface area contributed by atoms with Gasteiger partial charge in [0, 0.05) is 49.3 Å². The van der Waals surface area contributed by atoms with Crippen molar-refractivity contribution in [2.24, 2.45) is 10.7 Å². The monoisotopic (exact) mass is 678 g/mol. The topological polar surface area (TPSA) is 123 Å². The second-order valence-electron chi connectivity index (χ2n) is 12.9. The van der Waals surface area contributed by atoms with E-state index in [1.54, 1.807) is 0 Å². The van der Waals surface area contributed by atoms with Crippen LogP contribution >= 0.6 is 23.2 Å². The molecule has 2 aromatic rings. The number of anilines is 1. The molecule has 0 bridgehead atoms. The Hall–Kier alpha value is -2.51. The fourth-order valence-corrected chi connectivity index (χ4v) is 8.99. The Morgan fingerprint density at radius 3 is 2.89 bits per heavy atom. The van der Waals surface area contributed by atoms with Crippen molar-refractivity contribution in [1.29, 1.82) is 0 Å². The molecule has 45 heavy (non-hydrogen) atoms. The van der Waals surface area contributed by atoms with E-state index in [9.17, 15) is 12.8 Å². The zero-order chi connectivity index (χ0) is 31.6. The van der Waals surface area contributed by atoms with Crippen LogP contribution in [0, 0.1) is 0 Å². The molecular formula is C31H37Cl2FN6O4S. The summed E-state index contributed by atoms with van der Waals surface area (Å²) in [6, 6.07) is 6.18. The number of fused-ring (bicyclic) bond motifs is 4. The SMILES string of the molecule is CS(=O)(=O)C(N)=C(Cl)C1=NCCCN(c2nc(OC[C@@]34CCCN3CC(F)C4)nc3c2CO[C@@]2(CCc4c(Cl)cccc42)C3)C1. The van der Waals surface area contributed by atoms with Crippen molar-refractivity contribution in [2.45, 2.75) is 68.9 Å². The third-order valence-corrected chi connectivity index (χ3v) is 11.9. The molecule has 4 aliphatic heterocycles. The summed E-state index contributed by atoms with van der Waals surface area (Å²) < 4.78 is 51.9. The number of aromatic nitrogens is 2. The number of rotatable bonds is 6. The maximum atomic E-state index is 14.5. The Balaban J connectivity index is 1.26. The van der Waals surface area contributed by atoms with Gasteiger partial charge in [-0.05, 0) is 55.8 Å². The zero-order valence-corrected chi connectivity index (χ0v) is 27.5. The quantitative estimate of drug-likeness (QED) is 0.482. The van der Waals surface area contributed by atoms with Crippen LogP contribution in [0.2, 0.25) is 5.02 Å². The predicted octanol–water partition coefficient (Wildman–Crippen LogP) is 4.06. The maximum Gasteiger partial charge on any atom is 0.318 e. The van der Waals surface area contributed by atoms with Crippen LogP contribution in [0.15, 0.2) is 33.3 Å². The molecule has 2 fully saturated rings. The van der Waals surface area contributed by atoms with Crippen molar-refractivity contribution < 1.29 is 22.3 Å². The molecule has 1 unspecified atom stereocenters. The molecule has 2 N–H and O–H groups in total. The number of nitrogens with zero attached hydrogens (tertiary/aromatic N) is 5. The van der Waals surface area contributed by atoms with Crippen LogP contribution in [0.5, 0.6) is 6.01 Å². The second kappa shape index (κ2) is 11.6. The third-order valence-electron chi connectivity index (χ3n) is 10.0. The van der Waals surface area contributed by atoms with Gasteiger partial charge in [0.25, 0.3) is 0 Å². The fourth-order valence-electron chi connectivity index (χ4n) is 7.74. The van der Waals surface area contributed by atoms with Gasteiger partial charge < -0.3 is 20.1 Å². The number of benzene rings is 1. The maximum absolute atomic E-state index is 14.5. The lowest BCUT2D eigenvalue weighted by molar-refractivity contribution is -0.0730. The van der Waals surface area contributed by atoms with E-state index in [-0.39, 0.29) is 29.7 Å². The molecule has 7 rings (SSSR count). The number of nitrogens with two attached hydrogens (primary N) is 1. The molecule has 5 heterocycles. The highest BCUT2D eigenvalue weighted by molar-refractivity contribution is 7.94. The first-order valence-electron chi connectivity index (χ1n) is 15.5. The van der Waals surface area contributed by atoms with Crippen LogP contribution in [0.4, 0.5) is 10.2 Å². The number of ether oxygens (including phenoxy) is 2. The minimum atomic E-state index is -3.71. The molecule has 0 radical (unpaired) electrons. The lowest BCUT2D eigenvalue weighted by Crippen LogP contribution is -2.43. The smallest absolute Gasteiger partial charge is 0.318 e. The summed E-state index contributed by atoms with van der Waals surface area (Å²) in [6.07, 6.45) is 5.27. The largest absolute Gasteiger partial charge is 0.461 e. The van der Waals surface area contributed by atoms with Gasteiger partial charge in [0.15, 0.2) is 9.84 Å². The number of alkyl halides is 1. The molecule has 10 nitrogen and oxygen atoms in total. The summed E-state index contributed by atoms with van der Waals surface area (Å²) in [5.41, 5.74) is 9.23. The highest BCUT2D eigenvalue weighted by Gasteiger charge is 2.50. The van der Waals surface area contributed by atoms with Crippen molar-refractivity contribution in [2.75, 3.05) is 50.5 Å². The van der Waals surface area contributed by atoms with Gasteiger partial charge in [-0.25, -0.2) is 12.8 Å². The van der Waals surface area contributed by atoms with Gasteiger partial charge in [-0.15, -0.1) is 0 Å². The van der Waals surface area contributed by atoms with Crippen LogP contribution in [0.25, 0.3) is 0 Å². The summed E-state index contributed by atoms with van der Waals surface area (Å²) in [6.45, 7) is 3.11. The van der Waals surface area contributed by atoms with Crippen LogP contribution in [-0.2, 0) is 39.6 Å². The summed E-state index contributed by atoms with van der Waals surface area (Å²) in [7, 11) is -3.71. The summed E-state index contributed by atoms with van der Waals surface area (Å²) in [5, 5.41) is 0.246. The standard InChI is InChI=1S/C31H37Cl2FN6O4S/c1-45(41,42)27(35)26(33)25-16-39(11-4-10-36-25)28-21-17-44-31(9-7-20-22(31)5-2-6-23(20)32)14-24(21)37-29(38-28)43-18-30-8-3-12-40(30)15-19(34)13-30/h2,5-6,19H,3-4,7-18,35H2,1H3/t19?,30-,31-/m0/s1. The van der Waals surface area contributed by atoms with E-state index < -0.39 is 26.6 Å². The first-order valence-corrected chi connectivity index (χ1v) is 18.1. The molecule has 0 amide bonds. The van der Waals surface area contributed by atoms with Crippen molar-refractivity contribution in [3.8, 4) is 6.01 Å². The van der Waals surface area contributed by atoms with Gasteiger partial charge in [-0.3, -0.25) is 9.89 Å². The highest BCUT2D eigenvalue weighted by atomic mass is 35.5. The lowest BCUT2D eigenvalue weighted by atomic mass is 9.87. The molecule has 0 saturated carbocycles. The Labute approximate surface area is 272 Å². The average Bonchev–Trinajstić information content (AvgIpc) is 3.57. The molecule has 1 aromatic carbocycles. The molecule has 14 heteroatoms. The molecule has 1 aliphatic carbocycles. The van der Waals surface area contributed by atoms with E-state index in [2.05, 4.69) is 16.0 Å². The predicted molar refractivity (Wildman–Crippen MR) is 172 cm³/mol. The van der Waals surface area contributed by atoms with E-state index >= 15 is 0 Å². The van der Waals surface area contributed by atoms with Crippen molar-refractivity contribution >= 4 is 44.6 Å². The number of sulfone groups is 1. The summed E-state index contributed by atoms with van der Waals surface area (Å²) >= 11 is 13.1. The fraction of sp³-hybridized carbons (Fsp3) is 0.581. The minimum absolute atomic E-state index is 0.0825. The molecular weight excluding hydrogens is 642 g/mol. The average molecular weight is 680 g/mol. The van der Waals surface area contributed by atoms with Crippen molar-refractivity contribution in [3.63, 3.8) is 0 Å². The molecule has 3 atom stereocenters. The van der Waals surface area contributed by atoms with Gasteiger partial charge >= 0.3 is 6.01 Å². The zero-order valence-electron chi connectivity index (χ0n) is 25.2. The van der Waals surface area contributed by atoms with Gasteiger partial charge in [0.1, 0.15) is 23.6 Å². The lowest BCUT2D eigenvalue weighted by Gasteiger charge is -2.37. The van der Waals surface area contributed by atoms with Crippen LogP contribution in [0.1, 0.15) is 54.5 Å². The molecule has 242 valence electrons. The third kappa shape index (κ3) is 5.60. The Morgan fingerprint density at radius 2 is 2.07 bits per heavy atom. The minimum Gasteiger partial charge on any atom is -0.461 e. The summed E-state index contributed by atoms with van der Waals surface area (Å²) in [4.78, 5) is 18.7. The van der Waals surface area contributed by atoms with Crippen LogP contribution in [0.3, 0.4) is 0 Å². The Morgan fingerprint density at radius 1 is 1.22 bits per heavy atom. The number of halogens is 3. The summed E-state index contributed by atoms with van der Waals surface area (Å²) in [5.74, 6) is 0.627. The van der Waals surface area contributed by atoms with E-state index in [4.69, 9.17) is 48.4 Å². The van der Waals surface area contributed by atoms with E-state index in [1.165, 1.54) is 0 Å².